The number of carboxylic acid groups (broad SMARTS) is 1. The predicted molar refractivity (Wildman–Crippen MR) is 121 cm³/mol. The van der Waals surface area contributed by atoms with Crippen molar-refractivity contribution < 1.29 is 64.0 Å². The van der Waals surface area contributed by atoms with Gasteiger partial charge in [-0.2, -0.15) is 0 Å². The highest BCUT2D eigenvalue weighted by atomic mass is 16.7. The Hall–Kier alpha value is -2.24. The first-order valence-corrected chi connectivity index (χ1v) is 11.9. The lowest BCUT2D eigenvalue weighted by atomic mass is 9.88. The zero-order valence-corrected chi connectivity index (χ0v) is 20.8. The molecule has 0 aromatic heterocycles. The van der Waals surface area contributed by atoms with Crippen LogP contribution in [0.2, 0.25) is 0 Å². The van der Waals surface area contributed by atoms with Crippen LogP contribution >= 0.6 is 0 Å². The molecule has 0 radical (unpaired) electrons. The van der Waals surface area contributed by atoms with Crippen LogP contribution in [0, 0.1) is 0 Å². The Labute approximate surface area is 212 Å². The van der Waals surface area contributed by atoms with Crippen LogP contribution in [0.1, 0.15) is 40.0 Å². The third-order valence-corrected chi connectivity index (χ3v) is 6.27. The van der Waals surface area contributed by atoms with Gasteiger partial charge in [0, 0.05) is 20.3 Å². The van der Waals surface area contributed by atoms with Crippen LogP contribution in [0.5, 0.6) is 0 Å². The van der Waals surface area contributed by atoms with Gasteiger partial charge < -0.3 is 55.5 Å². The van der Waals surface area contributed by atoms with Crippen LogP contribution in [0.4, 0.5) is 0 Å². The fraction of sp³-hybridized carbons (Fsp3) is 0.818. The SMILES string of the molecule is CCCC1OC(COC2(C(=O)O)CC(O)C(NC(C)=O)C(C(O)C(O)CO)O2)C(O)C(=O)C1NC(C)=O. The Morgan fingerprint density at radius 1 is 1.14 bits per heavy atom. The van der Waals surface area contributed by atoms with E-state index in [1.54, 1.807) is 0 Å². The Morgan fingerprint density at radius 2 is 1.76 bits per heavy atom. The lowest BCUT2D eigenvalue weighted by Crippen LogP contribution is -2.68. The summed E-state index contributed by atoms with van der Waals surface area (Å²) < 4.78 is 16.8. The largest absolute Gasteiger partial charge is 0.477 e. The van der Waals surface area contributed by atoms with E-state index in [9.17, 15) is 49.8 Å². The highest BCUT2D eigenvalue weighted by Gasteiger charge is 2.56. The molecule has 0 aromatic rings. The van der Waals surface area contributed by atoms with E-state index in [0.29, 0.717) is 12.8 Å². The molecule has 15 heteroatoms. The average Bonchev–Trinajstić information content (AvgIpc) is 2.82. The van der Waals surface area contributed by atoms with Gasteiger partial charge in [0.15, 0.2) is 5.78 Å². The first kappa shape index (κ1) is 31.0. The lowest BCUT2D eigenvalue weighted by Gasteiger charge is -2.47. The molecule has 0 spiro atoms. The van der Waals surface area contributed by atoms with Gasteiger partial charge in [0.1, 0.15) is 36.6 Å². The number of aliphatic hydroxyl groups excluding tert-OH is 5. The molecule has 0 saturated carbocycles. The lowest BCUT2D eigenvalue weighted by molar-refractivity contribution is -0.319. The molecule has 37 heavy (non-hydrogen) atoms. The van der Waals surface area contributed by atoms with Crippen molar-refractivity contribution in [1.29, 1.82) is 0 Å². The summed E-state index contributed by atoms with van der Waals surface area (Å²) in [6.45, 7) is 2.46. The highest BCUT2D eigenvalue weighted by molar-refractivity contribution is 5.93. The van der Waals surface area contributed by atoms with E-state index in [0.717, 1.165) is 6.92 Å². The minimum atomic E-state index is -2.66. The monoisotopic (exact) mass is 536 g/mol. The fourth-order valence-corrected chi connectivity index (χ4v) is 4.45. The number of Topliss-reactive ketones (excluding diaryl/α,β-unsaturated/α-hetero) is 1. The second kappa shape index (κ2) is 13.0. The van der Waals surface area contributed by atoms with E-state index in [-0.39, 0.29) is 0 Å². The maximum absolute atomic E-state index is 12.8. The number of amides is 2. The zero-order chi connectivity index (χ0) is 28.1. The molecule has 2 aliphatic heterocycles. The van der Waals surface area contributed by atoms with Crippen molar-refractivity contribution in [3.05, 3.63) is 0 Å². The van der Waals surface area contributed by atoms with Crippen molar-refractivity contribution >= 4 is 23.6 Å². The van der Waals surface area contributed by atoms with Crippen LogP contribution in [0.15, 0.2) is 0 Å². The third-order valence-electron chi connectivity index (χ3n) is 6.27. The zero-order valence-electron chi connectivity index (χ0n) is 20.8. The first-order chi connectivity index (χ1) is 17.3. The van der Waals surface area contributed by atoms with Crippen molar-refractivity contribution in [1.82, 2.24) is 10.6 Å². The smallest absolute Gasteiger partial charge is 0.364 e. The molecule has 15 nitrogen and oxygen atoms in total. The number of carboxylic acids is 1. The highest BCUT2D eigenvalue weighted by Crippen LogP contribution is 2.34. The summed E-state index contributed by atoms with van der Waals surface area (Å²) in [6.07, 6.45) is -11.1. The van der Waals surface area contributed by atoms with E-state index in [2.05, 4.69) is 10.6 Å². The van der Waals surface area contributed by atoms with Gasteiger partial charge in [0.05, 0.1) is 31.5 Å². The van der Waals surface area contributed by atoms with E-state index >= 15 is 0 Å². The van der Waals surface area contributed by atoms with Crippen LogP contribution in [-0.2, 0) is 33.4 Å². The third kappa shape index (κ3) is 7.20. The van der Waals surface area contributed by atoms with Crippen molar-refractivity contribution in [3.63, 3.8) is 0 Å². The maximum Gasteiger partial charge on any atom is 0.364 e. The molecule has 10 unspecified atom stereocenters. The number of nitrogens with one attached hydrogen (secondary N) is 2. The fourth-order valence-electron chi connectivity index (χ4n) is 4.45. The molecule has 2 rings (SSSR count). The summed E-state index contributed by atoms with van der Waals surface area (Å²) in [7, 11) is 0. The normalized spacial score (nSPS) is 35.9. The van der Waals surface area contributed by atoms with Crippen molar-refractivity contribution in [2.75, 3.05) is 13.2 Å². The second-order valence-corrected chi connectivity index (χ2v) is 9.22. The molecule has 2 amide bonds. The number of rotatable bonds is 11. The molecule has 2 fully saturated rings. The summed E-state index contributed by atoms with van der Waals surface area (Å²) in [5.74, 6) is -6.33. The number of carbonyl (C=O) groups is 4. The number of ketones is 1. The Bertz CT molecular complexity index is 841. The second-order valence-electron chi connectivity index (χ2n) is 9.22. The van der Waals surface area contributed by atoms with Gasteiger partial charge in [-0.3, -0.25) is 14.4 Å². The van der Waals surface area contributed by atoms with Crippen LogP contribution in [-0.4, -0.2) is 128 Å². The van der Waals surface area contributed by atoms with Gasteiger partial charge in [-0.25, -0.2) is 4.79 Å². The summed E-state index contributed by atoms with van der Waals surface area (Å²) in [4.78, 5) is 48.1. The predicted octanol–water partition coefficient (Wildman–Crippen LogP) is -3.85. The quantitative estimate of drug-likeness (QED) is 0.126. The van der Waals surface area contributed by atoms with Crippen molar-refractivity contribution in [2.24, 2.45) is 0 Å². The number of hydrogen-bond acceptors (Lipinski definition) is 12. The molecular weight excluding hydrogens is 500 g/mol. The average molecular weight is 537 g/mol. The topological polar surface area (TPSA) is 241 Å². The number of hydrogen-bond donors (Lipinski definition) is 8. The molecular formula is C22H36N2O13. The maximum atomic E-state index is 12.8. The van der Waals surface area contributed by atoms with Crippen LogP contribution in [0.25, 0.3) is 0 Å². The summed E-state index contributed by atoms with van der Waals surface area (Å²) >= 11 is 0. The molecule has 2 heterocycles. The molecule has 212 valence electrons. The number of aliphatic carboxylic acids is 1. The number of ether oxygens (including phenoxy) is 3. The van der Waals surface area contributed by atoms with E-state index in [1.807, 2.05) is 6.92 Å². The van der Waals surface area contributed by atoms with Gasteiger partial charge in [0.2, 0.25) is 11.8 Å². The molecule has 0 aromatic carbocycles. The standard InChI is InChI=1S/C22H36N2O13/c1-4-5-13-16(24-10(3)27)19(32)18(31)14(36-13)8-35-22(21(33)34)6-11(28)15(23-9(2)26)20(37-22)17(30)12(29)7-25/h11-18,20,25,28-31H,4-8H2,1-3H3,(H,23,26)(H,24,27)(H,33,34). The van der Waals surface area contributed by atoms with Gasteiger partial charge in [-0.05, 0) is 6.42 Å². The van der Waals surface area contributed by atoms with Gasteiger partial charge in [-0.15, -0.1) is 0 Å². The molecule has 8 N–H and O–H groups in total. The minimum absolute atomic E-state index is 0.324. The van der Waals surface area contributed by atoms with Gasteiger partial charge in [-0.1, -0.05) is 13.3 Å². The Morgan fingerprint density at radius 3 is 2.27 bits per heavy atom. The van der Waals surface area contributed by atoms with Crippen molar-refractivity contribution in [2.45, 2.75) is 101 Å². The van der Waals surface area contributed by atoms with Gasteiger partial charge >= 0.3 is 5.97 Å². The number of carbonyl (C=O) groups excluding carboxylic acids is 3. The van der Waals surface area contributed by atoms with Crippen LogP contribution in [0.3, 0.4) is 0 Å². The van der Waals surface area contributed by atoms with E-state index in [4.69, 9.17) is 14.2 Å². The Balaban J connectivity index is 2.30. The molecule has 2 saturated heterocycles. The molecule has 0 aliphatic carbocycles. The summed E-state index contributed by atoms with van der Waals surface area (Å²) in [5.41, 5.74) is 0. The molecule has 10 atom stereocenters. The van der Waals surface area contributed by atoms with E-state index in [1.165, 1.54) is 6.92 Å². The first-order valence-electron chi connectivity index (χ1n) is 11.9. The summed E-state index contributed by atoms with van der Waals surface area (Å²) in [5, 5.41) is 65.4. The van der Waals surface area contributed by atoms with Crippen molar-refractivity contribution in [3.8, 4) is 0 Å². The van der Waals surface area contributed by atoms with Crippen LogP contribution < -0.4 is 10.6 Å². The van der Waals surface area contributed by atoms with Gasteiger partial charge in [0.25, 0.3) is 5.79 Å². The summed E-state index contributed by atoms with van der Waals surface area (Å²) in [6, 6.07) is -2.50. The van der Waals surface area contributed by atoms with E-state index < -0.39 is 104 Å². The molecule has 2 aliphatic rings. The Kier molecular flexibility index (Phi) is 10.9. The minimum Gasteiger partial charge on any atom is -0.477 e. The number of aliphatic hydroxyl groups is 5. The molecule has 0 bridgehead atoms.